The van der Waals surface area contributed by atoms with E-state index in [9.17, 15) is 4.79 Å². The fraction of sp³-hybridized carbons (Fsp3) is 0.400. The van der Waals surface area contributed by atoms with Gasteiger partial charge >= 0.3 is 0 Å². The SMILES string of the molecule is CCc1ccc(CO[C@H]2CCC[C@@H]2NC(=O)c2cc(-c3cnn(C)c3)cnc2N)cc1C. The number of pyridine rings is 1. The van der Waals surface area contributed by atoms with E-state index >= 15 is 0 Å². The van der Waals surface area contributed by atoms with Crippen LogP contribution in [0.4, 0.5) is 5.82 Å². The van der Waals surface area contributed by atoms with Crippen LogP contribution in [0, 0.1) is 6.92 Å². The van der Waals surface area contributed by atoms with E-state index in [4.69, 9.17) is 10.5 Å². The van der Waals surface area contributed by atoms with Crippen LogP contribution in [-0.4, -0.2) is 32.8 Å². The van der Waals surface area contributed by atoms with Gasteiger partial charge in [0, 0.05) is 30.6 Å². The Balaban J connectivity index is 1.42. The Morgan fingerprint density at radius 1 is 1.25 bits per heavy atom. The quantitative estimate of drug-likeness (QED) is 0.591. The van der Waals surface area contributed by atoms with Crippen LogP contribution in [-0.2, 0) is 24.8 Å². The third kappa shape index (κ3) is 4.83. The van der Waals surface area contributed by atoms with Gasteiger partial charge in [-0.25, -0.2) is 4.98 Å². The summed E-state index contributed by atoms with van der Waals surface area (Å²) in [6, 6.07) is 8.23. The van der Waals surface area contributed by atoms with Gasteiger partial charge in [0.15, 0.2) is 0 Å². The number of nitrogens with zero attached hydrogens (tertiary/aromatic N) is 3. The van der Waals surface area contributed by atoms with E-state index in [1.165, 1.54) is 11.1 Å². The lowest BCUT2D eigenvalue weighted by atomic mass is 10.0. The topological polar surface area (TPSA) is 95.1 Å². The number of carbonyl (C=O) groups is 1. The zero-order chi connectivity index (χ0) is 22.7. The van der Waals surface area contributed by atoms with E-state index in [-0.39, 0.29) is 23.9 Å². The van der Waals surface area contributed by atoms with Gasteiger partial charge in [0.05, 0.1) is 30.5 Å². The molecule has 3 N–H and O–H groups in total. The van der Waals surface area contributed by atoms with Crippen LogP contribution in [0.3, 0.4) is 0 Å². The van der Waals surface area contributed by atoms with Crippen molar-refractivity contribution in [1.82, 2.24) is 20.1 Å². The highest BCUT2D eigenvalue weighted by Crippen LogP contribution is 2.26. The molecule has 3 aromatic rings. The number of anilines is 1. The normalized spacial score (nSPS) is 18.1. The molecular weight excluding hydrogens is 402 g/mol. The first-order valence-corrected chi connectivity index (χ1v) is 11.2. The Hall–Kier alpha value is -3.19. The molecule has 0 aliphatic heterocycles. The Kier molecular flexibility index (Phi) is 6.55. The summed E-state index contributed by atoms with van der Waals surface area (Å²) in [6.07, 6.45) is 9.14. The number of benzene rings is 1. The smallest absolute Gasteiger partial charge is 0.255 e. The maximum absolute atomic E-state index is 13.0. The molecule has 1 aliphatic carbocycles. The second kappa shape index (κ2) is 9.53. The maximum Gasteiger partial charge on any atom is 0.255 e. The van der Waals surface area contributed by atoms with Crippen molar-refractivity contribution < 1.29 is 9.53 Å². The van der Waals surface area contributed by atoms with Gasteiger partial charge in [-0.2, -0.15) is 5.10 Å². The highest BCUT2D eigenvalue weighted by Gasteiger charge is 2.30. The first-order valence-electron chi connectivity index (χ1n) is 11.2. The minimum atomic E-state index is -0.218. The highest BCUT2D eigenvalue weighted by atomic mass is 16.5. The molecule has 1 aromatic carbocycles. The molecule has 4 rings (SSSR count). The molecule has 2 aromatic heterocycles. The third-order valence-electron chi connectivity index (χ3n) is 6.22. The minimum absolute atomic E-state index is 0.0132. The number of nitrogens with two attached hydrogens (primary N) is 1. The largest absolute Gasteiger partial charge is 0.383 e. The van der Waals surface area contributed by atoms with Crippen LogP contribution in [0.5, 0.6) is 0 Å². The molecule has 1 fully saturated rings. The lowest BCUT2D eigenvalue weighted by Gasteiger charge is -2.22. The van der Waals surface area contributed by atoms with Crippen LogP contribution in [0.25, 0.3) is 11.1 Å². The van der Waals surface area contributed by atoms with Crippen LogP contribution in [0.2, 0.25) is 0 Å². The number of aromatic nitrogens is 3. The summed E-state index contributed by atoms with van der Waals surface area (Å²) in [5.74, 6) is 0.00137. The highest BCUT2D eigenvalue weighted by molar-refractivity contribution is 5.99. The average molecular weight is 434 g/mol. The van der Waals surface area contributed by atoms with E-state index in [0.29, 0.717) is 12.2 Å². The summed E-state index contributed by atoms with van der Waals surface area (Å²) in [5.41, 5.74) is 11.9. The van der Waals surface area contributed by atoms with Crippen LogP contribution >= 0.6 is 0 Å². The maximum atomic E-state index is 13.0. The summed E-state index contributed by atoms with van der Waals surface area (Å²) >= 11 is 0. The number of carbonyl (C=O) groups excluding carboxylic acids is 1. The number of amides is 1. The van der Waals surface area contributed by atoms with E-state index in [2.05, 4.69) is 47.4 Å². The van der Waals surface area contributed by atoms with Crippen molar-refractivity contribution in [2.24, 2.45) is 7.05 Å². The summed E-state index contributed by atoms with van der Waals surface area (Å²) < 4.78 is 7.93. The predicted molar refractivity (Wildman–Crippen MR) is 125 cm³/mol. The molecule has 168 valence electrons. The molecule has 7 nitrogen and oxygen atoms in total. The minimum Gasteiger partial charge on any atom is -0.383 e. The van der Waals surface area contributed by atoms with Gasteiger partial charge in [-0.05, 0) is 55.4 Å². The molecule has 0 unspecified atom stereocenters. The van der Waals surface area contributed by atoms with Gasteiger partial charge in [0.25, 0.3) is 5.91 Å². The van der Waals surface area contributed by atoms with E-state index in [1.807, 2.05) is 13.2 Å². The van der Waals surface area contributed by atoms with Gasteiger partial charge in [-0.3, -0.25) is 9.48 Å². The van der Waals surface area contributed by atoms with E-state index in [1.54, 1.807) is 23.1 Å². The van der Waals surface area contributed by atoms with Crippen molar-refractivity contribution in [1.29, 1.82) is 0 Å². The molecule has 0 saturated heterocycles. The van der Waals surface area contributed by atoms with Crippen LogP contribution < -0.4 is 11.1 Å². The second-order valence-electron chi connectivity index (χ2n) is 8.53. The van der Waals surface area contributed by atoms with E-state index in [0.717, 1.165) is 42.4 Å². The molecule has 0 bridgehead atoms. The lowest BCUT2D eigenvalue weighted by molar-refractivity contribution is 0.0272. The molecule has 1 amide bonds. The van der Waals surface area contributed by atoms with Crippen molar-refractivity contribution in [3.63, 3.8) is 0 Å². The Labute approximate surface area is 189 Å². The Morgan fingerprint density at radius 2 is 2.09 bits per heavy atom. The number of hydrogen-bond donors (Lipinski definition) is 2. The first kappa shape index (κ1) is 22.0. The monoisotopic (exact) mass is 433 g/mol. The zero-order valence-electron chi connectivity index (χ0n) is 19.0. The number of nitrogens with one attached hydrogen (secondary N) is 1. The summed E-state index contributed by atoms with van der Waals surface area (Å²) in [5, 5.41) is 7.32. The fourth-order valence-electron chi connectivity index (χ4n) is 4.37. The Morgan fingerprint density at radius 3 is 2.81 bits per heavy atom. The van der Waals surface area contributed by atoms with E-state index < -0.39 is 0 Å². The van der Waals surface area contributed by atoms with Crippen LogP contribution in [0.15, 0.2) is 42.9 Å². The molecule has 1 aliphatic rings. The molecule has 0 spiro atoms. The predicted octanol–water partition coefficient (Wildman–Crippen LogP) is 3.80. The molecule has 0 radical (unpaired) electrons. The van der Waals surface area contributed by atoms with Crippen molar-refractivity contribution in [3.8, 4) is 11.1 Å². The van der Waals surface area contributed by atoms with Gasteiger partial charge in [0.1, 0.15) is 5.82 Å². The van der Waals surface area contributed by atoms with Crippen molar-refractivity contribution in [3.05, 3.63) is 65.1 Å². The molecule has 2 heterocycles. The molecular formula is C25H31N5O2. The molecule has 1 saturated carbocycles. The summed E-state index contributed by atoms with van der Waals surface area (Å²) in [7, 11) is 1.85. The number of ether oxygens (including phenoxy) is 1. The first-order chi connectivity index (χ1) is 15.4. The summed E-state index contributed by atoms with van der Waals surface area (Å²) in [6.45, 7) is 4.85. The number of hydrogen-bond acceptors (Lipinski definition) is 5. The lowest BCUT2D eigenvalue weighted by Crippen LogP contribution is -2.41. The standard InChI is InChI=1S/C25H31N5O2/c1-4-18-9-8-17(10-16(18)2)15-32-23-7-5-6-22(23)29-25(31)21-11-19(12-27-24(21)26)20-13-28-30(3)14-20/h8-14,22-23H,4-7,15H2,1-3H3,(H2,26,27)(H,29,31)/t22-,23-/m0/s1. The van der Waals surface area contributed by atoms with Gasteiger partial charge in [-0.1, -0.05) is 25.1 Å². The van der Waals surface area contributed by atoms with Gasteiger partial charge in [0.2, 0.25) is 0 Å². The van der Waals surface area contributed by atoms with Crippen molar-refractivity contribution in [2.75, 3.05) is 5.73 Å². The fourth-order valence-corrected chi connectivity index (χ4v) is 4.37. The average Bonchev–Trinajstić information content (AvgIpc) is 3.41. The molecule has 32 heavy (non-hydrogen) atoms. The number of aryl methyl sites for hydroxylation is 3. The van der Waals surface area contributed by atoms with Gasteiger partial charge in [-0.15, -0.1) is 0 Å². The van der Waals surface area contributed by atoms with Crippen molar-refractivity contribution in [2.45, 2.75) is 58.3 Å². The zero-order valence-corrected chi connectivity index (χ0v) is 19.0. The number of nitrogen functional groups attached to an aromatic ring is 1. The van der Waals surface area contributed by atoms with Crippen molar-refractivity contribution >= 4 is 11.7 Å². The van der Waals surface area contributed by atoms with Crippen LogP contribution in [0.1, 0.15) is 53.2 Å². The second-order valence-corrected chi connectivity index (χ2v) is 8.53. The van der Waals surface area contributed by atoms with Gasteiger partial charge < -0.3 is 15.8 Å². The molecule has 7 heteroatoms. The third-order valence-corrected chi connectivity index (χ3v) is 6.22. The number of rotatable bonds is 7. The molecule has 2 atom stereocenters. The Bertz CT molecular complexity index is 1110. The summed E-state index contributed by atoms with van der Waals surface area (Å²) in [4.78, 5) is 17.3.